The molecule has 0 aliphatic heterocycles. The molecule has 1 rings (SSSR count). The molecule has 3 N–H and O–H groups in total. The van der Waals surface area contributed by atoms with Gasteiger partial charge in [-0.15, -0.1) is 0 Å². The van der Waals surface area contributed by atoms with E-state index in [1.54, 1.807) is 0 Å². The topological polar surface area (TPSA) is 95.9 Å². The molecule has 6 nitrogen and oxygen atoms in total. The van der Waals surface area contributed by atoms with E-state index in [0.717, 1.165) is 0 Å². The third kappa shape index (κ3) is 3.14. The largest absolute Gasteiger partial charge is 0.479 e. The average molecular weight is 299 g/mol. The Kier molecular flexibility index (Phi) is 3.73. The fourth-order valence-electron chi connectivity index (χ4n) is 1.94. The van der Waals surface area contributed by atoms with E-state index in [9.17, 15) is 27.9 Å². The number of hydrogen-bond acceptors (Lipinski definition) is 4. The third-order valence-corrected chi connectivity index (χ3v) is 2.87. The van der Waals surface area contributed by atoms with Gasteiger partial charge < -0.3 is 20.3 Å². The molecule has 116 valence electrons. The van der Waals surface area contributed by atoms with Gasteiger partial charge in [-0.1, -0.05) is 0 Å². The van der Waals surface area contributed by atoms with Crippen molar-refractivity contribution >= 4 is 12.1 Å². The number of amides is 1. The maximum absolute atomic E-state index is 12.5. The van der Waals surface area contributed by atoms with Crippen LogP contribution in [0.5, 0.6) is 0 Å². The first kappa shape index (κ1) is 16.5. The number of aliphatic carboxylic acids is 1. The molecule has 1 aliphatic rings. The summed E-state index contributed by atoms with van der Waals surface area (Å²) < 4.78 is 42.3. The smallest absolute Gasteiger partial charge is 0.417 e. The molecule has 0 aromatic heterocycles. The number of ether oxygens (including phenoxy) is 1. The van der Waals surface area contributed by atoms with Gasteiger partial charge in [0, 0.05) is 12.8 Å². The van der Waals surface area contributed by atoms with Crippen molar-refractivity contribution < 1.29 is 37.7 Å². The number of nitrogens with one attached hydrogen (secondary N) is 1. The minimum Gasteiger partial charge on any atom is -0.479 e. The maximum atomic E-state index is 12.5. The minimum atomic E-state index is -4.96. The lowest BCUT2D eigenvalue weighted by molar-refractivity contribution is -0.303. The molecule has 0 atom stereocenters. The summed E-state index contributed by atoms with van der Waals surface area (Å²) in [5.74, 6) is -1.66. The van der Waals surface area contributed by atoms with Gasteiger partial charge in [0.1, 0.15) is 11.1 Å². The van der Waals surface area contributed by atoms with Crippen LogP contribution >= 0.6 is 0 Å². The molecule has 0 radical (unpaired) electrons. The quantitative estimate of drug-likeness (QED) is 0.716. The molecule has 0 aromatic carbocycles. The van der Waals surface area contributed by atoms with Crippen LogP contribution in [0.3, 0.4) is 0 Å². The van der Waals surface area contributed by atoms with Gasteiger partial charge in [0.2, 0.25) is 0 Å². The molecule has 0 unspecified atom stereocenters. The molecule has 1 amide bonds. The van der Waals surface area contributed by atoms with Crippen molar-refractivity contribution in [2.24, 2.45) is 0 Å². The first-order valence-electron chi connectivity index (χ1n) is 5.74. The number of alkyl carbamates (subject to hydrolysis) is 1. The van der Waals surface area contributed by atoms with Gasteiger partial charge in [-0.05, 0) is 20.8 Å². The number of hydrogen-bond donors (Lipinski definition) is 3. The highest BCUT2D eigenvalue weighted by Crippen LogP contribution is 2.51. The highest BCUT2D eigenvalue weighted by molar-refractivity contribution is 5.86. The van der Waals surface area contributed by atoms with Crippen LogP contribution in [0.25, 0.3) is 0 Å². The first-order chi connectivity index (χ1) is 8.71. The number of aliphatic hydroxyl groups is 1. The second-order valence-corrected chi connectivity index (χ2v) is 5.90. The first-order valence-corrected chi connectivity index (χ1v) is 5.74. The zero-order chi connectivity index (χ0) is 16.0. The molecule has 0 bridgehead atoms. The van der Waals surface area contributed by atoms with Crippen molar-refractivity contribution in [3.05, 3.63) is 0 Å². The summed E-state index contributed by atoms with van der Waals surface area (Å²) in [6, 6.07) is 0. The molecule has 1 fully saturated rings. The van der Waals surface area contributed by atoms with Crippen molar-refractivity contribution in [2.75, 3.05) is 0 Å². The van der Waals surface area contributed by atoms with E-state index in [0.29, 0.717) is 0 Å². The van der Waals surface area contributed by atoms with E-state index >= 15 is 0 Å². The SMILES string of the molecule is CC(C)(C)OC(=O)NC1(C(=O)O)CC(O)(C(F)(F)F)C1. The van der Waals surface area contributed by atoms with E-state index in [1.807, 2.05) is 5.32 Å². The van der Waals surface area contributed by atoms with Crippen LogP contribution < -0.4 is 5.32 Å². The molecular formula is C11H16F3NO5. The van der Waals surface area contributed by atoms with Crippen LogP contribution in [0, 0.1) is 0 Å². The van der Waals surface area contributed by atoms with Crippen molar-refractivity contribution in [3.8, 4) is 0 Å². The second-order valence-electron chi connectivity index (χ2n) is 5.90. The summed E-state index contributed by atoms with van der Waals surface area (Å²) in [6.07, 6.45) is -8.42. The summed E-state index contributed by atoms with van der Waals surface area (Å²) in [7, 11) is 0. The van der Waals surface area contributed by atoms with Gasteiger partial charge in [0.15, 0.2) is 5.60 Å². The number of carbonyl (C=O) groups excluding carboxylic acids is 1. The van der Waals surface area contributed by atoms with Gasteiger partial charge in [-0.3, -0.25) is 0 Å². The summed E-state index contributed by atoms with van der Waals surface area (Å²) in [5.41, 5.74) is -6.21. The number of rotatable bonds is 2. The molecule has 20 heavy (non-hydrogen) atoms. The zero-order valence-electron chi connectivity index (χ0n) is 11.2. The van der Waals surface area contributed by atoms with Gasteiger partial charge in [0.05, 0.1) is 0 Å². The van der Waals surface area contributed by atoms with Crippen molar-refractivity contribution in [3.63, 3.8) is 0 Å². The Bertz CT molecular complexity index is 421. The summed E-state index contributed by atoms with van der Waals surface area (Å²) >= 11 is 0. The van der Waals surface area contributed by atoms with E-state index in [2.05, 4.69) is 0 Å². The average Bonchev–Trinajstić information content (AvgIpc) is 2.08. The third-order valence-electron chi connectivity index (χ3n) is 2.87. The molecule has 1 saturated carbocycles. The number of carboxylic acid groups (broad SMARTS) is 1. The number of halogens is 3. The van der Waals surface area contributed by atoms with Crippen LogP contribution in [0.15, 0.2) is 0 Å². The molecule has 0 saturated heterocycles. The van der Waals surface area contributed by atoms with E-state index < -0.39 is 47.8 Å². The molecule has 0 aromatic rings. The van der Waals surface area contributed by atoms with Crippen LogP contribution in [-0.2, 0) is 9.53 Å². The zero-order valence-corrected chi connectivity index (χ0v) is 11.2. The van der Waals surface area contributed by atoms with E-state index in [4.69, 9.17) is 9.84 Å². The fraction of sp³-hybridized carbons (Fsp3) is 0.818. The standard InChI is InChI=1S/C11H16F3NO5/c1-8(2,3)20-7(18)15-9(6(16)17)4-10(19,5-9)11(12,13)14/h19H,4-5H2,1-3H3,(H,15,18)(H,16,17). The van der Waals surface area contributed by atoms with Gasteiger partial charge in [-0.2, -0.15) is 13.2 Å². The summed E-state index contributed by atoms with van der Waals surface area (Å²) in [6.45, 7) is 4.56. The Balaban J connectivity index is 2.80. The summed E-state index contributed by atoms with van der Waals surface area (Å²) in [5, 5.41) is 20.2. The van der Waals surface area contributed by atoms with Crippen molar-refractivity contribution in [1.82, 2.24) is 5.32 Å². The Hall–Kier alpha value is -1.51. The molecule has 9 heteroatoms. The molecule has 1 aliphatic carbocycles. The lowest BCUT2D eigenvalue weighted by Crippen LogP contribution is -2.73. The number of carboxylic acids is 1. The maximum Gasteiger partial charge on any atom is 0.417 e. The fourth-order valence-corrected chi connectivity index (χ4v) is 1.94. The molecular weight excluding hydrogens is 283 g/mol. The van der Waals surface area contributed by atoms with Crippen LogP contribution in [0.2, 0.25) is 0 Å². The normalized spacial score (nSPS) is 30.4. The van der Waals surface area contributed by atoms with E-state index in [1.165, 1.54) is 20.8 Å². The van der Waals surface area contributed by atoms with Crippen LogP contribution in [0.4, 0.5) is 18.0 Å². The van der Waals surface area contributed by atoms with Crippen molar-refractivity contribution in [1.29, 1.82) is 0 Å². The van der Waals surface area contributed by atoms with Crippen LogP contribution in [-0.4, -0.2) is 45.2 Å². The monoisotopic (exact) mass is 299 g/mol. The second kappa shape index (κ2) is 4.51. The highest BCUT2D eigenvalue weighted by atomic mass is 19.4. The van der Waals surface area contributed by atoms with Crippen LogP contribution in [0.1, 0.15) is 33.6 Å². The predicted octanol–water partition coefficient (Wildman–Crippen LogP) is 1.42. The highest BCUT2D eigenvalue weighted by Gasteiger charge is 2.70. The Morgan fingerprint density at radius 3 is 1.95 bits per heavy atom. The number of carbonyl (C=O) groups is 2. The summed E-state index contributed by atoms with van der Waals surface area (Å²) in [4.78, 5) is 22.5. The van der Waals surface area contributed by atoms with Gasteiger partial charge in [0.25, 0.3) is 0 Å². The predicted molar refractivity (Wildman–Crippen MR) is 60.0 cm³/mol. The van der Waals surface area contributed by atoms with Crippen molar-refractivity contribution in [2.45, 2.75) is 56.5 Å². The minimum absolute atomic E-state index is 0.923. The van der Waals surface area contributed by atoms with Gasteiger partial charge in [-0.25, -0.2) is 9.59 Å². The van der Waals surface area contributed by atoms with E-state index in [-0.39, 0.29) is 0 Å². The lowest BCUT2D eigenvalue weighted by atomic mass is 9.64. The Labute approximate surface area is 112 Å². The molecule has 0 spiro atoms. The molecule has 0 heterocycles. The Morgan fingerprint density at radius 2 is 1.65 bits per heavy atom. The lowest BCUT2D eigenvalue weighted by Gasteiger charge is -2.50. The Morgan fingerprint density at radius 1 is 1.20 bits per heavy atom. The van der Waals surface area contributed by atoms with Gasteiger partial charge >= 0.3 is 18.2 Å². The number of alkyl halides is 3.